The molecule has 0 N–H and O–H groups in total. The van der Waals surface area contributed by atoms with Crippen LogP contribution in [-0.2, 0) is 24.3 Å². The number of hydrogen-bond donors (Lipinski definition) is 0. The third kappa shape index (κ3) is 3.47. The van der Waals surface area contributed by atoms with E-state index in [1.54, 1.807) is 15.9 Å². The van der Waals surface area contributed by atoms with Gasteiger partial charge in [-0.05, 0) is 37.1 Å². The second-order valence-corrected chi connectivity index (χ2v) is 10.5. The molecule has 33 heavy (non-hydrogen) atoms. The molecule has 1 aliphatic rings. The lowest BCUT2D eigenvalue weighted by molar-refractivity contribution is -0.0379. The van der Waals surface area contributed by atoms with Gasteiger partial charge in [0.2, 0.25) is 0 Å². The van der Waals surface area contributed by atoms with Gasteiger partial charge in [-0.25, -0.2) is 9.78 Å². The van der Waals surface area contributed by atoms with Crippen LogP contribution < -0.4 is 5.69 Å². The Morgan fingerprint density at radius 1 is 1.12 bits per heavy atom. The second kappa shape index (κ2) is 7.52. The highest BCUT2D eigenvalue weighted by atomic mass is 35.5. The normalized spacial score (nSPS) is 15.2. The summed E-state index contributed by atoms with van der Waals surface area (Å²) in [7, 11) is 0. The number of aromatic nitrogens is 4. The number of benzene rings is 2. The Labute approximate surface area is 199 Å². The smallest absolute Gasteiger partial charge is 0.352 e. The molecular weight excluding hydrogens is 456 g/mol. The molecule has 6 nitrogen and oxygen atoms in total. The van der Waals surface area contributed by atoms with Crippen molar-refractivity contribution >= 4 is 38.8 Å². The van der Waals surface area contributed by atoms with Crippen LogP contribution in [0, 0.1) is 0 Å². The molecule has 0 radical (unpaired) electrons. The Hall–Kier alpha value is -3.00. The third-order valence-electron chi connectivity index (χ3n) is 6.04. The number of hydrogen-bond acceptors (Lipinski definition) is 5. The molecule has 6 rings (SSSR count). The van der Waals surface area contributed by atoms with E-state index in [1.807, 2.05) is 54.6 Å². The van der Waals surface area contributed by atoms with Crippen molar-refractivity contribution in [2.75, 3.05) is 0 Å². The van der Waals surface area contributed by atoms with Crippen LogP contribution in [-0.4, -0.2) is 24.8 Å². The zero-order valence-corrected chi connectivity index (χ0v) is 19.8. The average Bonchev–Trinajstić information content (AvgIpc) is 3.40. The zero-order valence-electron chi connectivity index (χ0n) is 18.2. The zero-order chi connectivity index (χ0) is 22.7. The number of halogens is 1. The van der Waals surface area contributed by atoms with E-state index in [0.29, 0.717) is 29.6 Å². The van der Waals surface area contributed by atoms with E-state index in [4.69, 9.17) is 21.3 Å². The van der Waals surface area contributed by atoms with E-state index in [1.165, 1.54) is 10.1 Å². The van der Waals surface area contributed by atoms with Gasteiger partial charge in [-0.2, -0.15) is 4.52 Å². The van der Waals surface area contributed by atoms with Crippen LogP contribution in [0.4, 0.5) is 0 Å². The quantitative estimate of drug-likeness (QED) is 0.353. The van der Waals surface area contributed by atoms with Gasteiger partial charge in [-0.1, -0.05) is 54.1 Å². The summed E-state index contributed by atoms with van der Waals surface area (Å²) in [5.74, 6) is 0.546. The summed E-state index contributed by atoms with van der Waals surface area (Å²) < 4.78 is 9.33. The van der Waals surface area contributed by atoms with Crippen molar-refractivity contribution in [2.45, 2.75) is 39.0 Å². The van der Waals surface area contributed by atoms with E-state index < -0.39 is 0 Å². The molecule has 0 spiro atoms. The van der Waals surface area contributed by atoms with Crippen molar-refractivity contribution in [3.63, 3.8) is 0 Å². The summed E-state index contributed by atoms with van der Waals surface area (Å²) in [6.45, 7) is 5.15. The highest BCUT2D eigenvalue weighted by molar-refractivity contribution is 7.19. The molecule has 1 aliphatic heterocycles. The number of nitrogens with zero attached hydrogens (tertiary/aromatic N) is 4. The lowest BCUT2D eigenvalue weighted by Gasteiger charge is -2.30. The van der Waals surface area contributed by atoms with Gasteiger partial charge in [0.1, 0.15) is 4.83 Å². The minimum atomic E-state index is -0.280. The molecule has 4 heterocycles. The molecular formula is C25H21ClN4O2S. The summed E-state index contributed by atoms with van der Waals surface area (Å²) in [5.41, 5.74) is 3.20. The van der Waals surface area contributed by atoms with Crippen molar-refractivity contribution in [3.8, 4) is 11.4 Å². The van der Waals surface area contributed by atoms with Crippen molar-refractivity contribution in [3.05, 3.63) is 86.1 Å². The summed E-state index contributed by atoms with van der Waals surface area (Å²) in [6, 6.07) is 17.3. The van der Waals surface area contributed by atoms with Crippen LogP contribution in [0.1, 0.15) is 29.9 Å². The highest BCUT2D eigenvalue weighted by Gasteiger charge is 2.32. The van der Waals surface area contributed by atoms with Gasteiger partial charge in [0.15, 0.2) is 11.5 Å². The van der Waals surface area contributed by atoms with E-state index in [0.717, 1.165) is 32.6 Å². The maximum atomic E-state index is 13.7. The molecule has 2 aromatic carbocycles. The maximum absolute atomic E-state index is 13.7. The van der Waals surface area contributed by atoms with E-state index in [-0.39, 0.29) is 11.3 Å². The van der Waals surface area contributed by atoms with Crippen molar-refractivity contribution in [1.29, 1.82) is 0 Å². The van der Waals surface area contributed by atoms with E-state index in [9.17, 15) is 4.79 Å². The van der Waals surface area contributed by atoms with Gasteiger partial charge in [0, 0.05) is 21.9 Å². The number of thiophene rings is 1. The van der Waals surface area contributed by atoms with Crippen LogP contribution in [0.5, 0.6) is 0 Å². The van der Waals surface area contributed by atoms with Crippen LogP contribution in [0.15, 0.2) is 59.4 Å². The fraction of sp³-hybridized carbons (Fsp3) is 0.240. The first-order chi connectivity index (χ1) is 15.9. The van der Waals surface area contributed by atoms with Gasteiger partial charge in [0.05, 0.1) is 24.1 Å². The fourth-order valence-electron chi connectivity index (χ4n) is 4.39. The molecule has 0 fully saturated rings. The van der Waals surface area contributed by atoms with Crippen molar-refractivity contribution in [1.82, 2.24) is 19.2 Å². The summed E-state index contributed by atoms with van der Waals surface area (Å²) in [6.07, 6.45) is 0.755. The summed E-state index contributed by atoms with van der Waals surface area (Å²) in [5, 5.41) is 6.30. The average molecular weight is 477 g/mol. The largest absolute Gasteiger partial charge is 0.370 e. The molecule has 8 heteroatoms. The van der Waals surface area contributed by atoms with Gasteiger partial charge < -0.3 is 4.74 Å². The van der Waals surface area contributed by atoms with Gasteiger partial charge in [0.25, 0.3) is 0 Å². The lowest BCUT2D eigenvalue weighted by Crippen LogP contribution is -2.31. The van der Waals surface area contributed by atoms with Crippen LogP contribution >= 0.6 is 22.9 Å². The number of fused-ring (bicyclic) bond motifs is 5. The summed E-state index contributed by atoms with van der Waals surface area (Å²) >= 11 is 7.69. The first-order valence-corrected chi connectivity index (χ1v) is 12.0. The van der Waals surface area contributed by atoms with Crippen LogP contribution in [0.3, 0.4) is 0 Å². The van der Waals surface area contributed by atoms with E-state index >= 15 is 0 Å². The predicted molar refractivity (Wildman–Crippen MR) is 131 cm³/mol. The molecule has 0 unspecified atom stereocenters. The van der Waals surface area contributed by atoms with Crippen LogP contribution in [0.25, 0.3) is 27.3 Å². The van der Waals surface area contributed by atoms with Crippen molar-refractivity contribution in [2.24, 2.45) is 0 Å². The van der Waals surface area contributed by atoms with Gasteiger partial charge >= 0.3 is 5.69 Å². The first kappa shape index (κ1) is 20.6. The molecule has 0 atom stereocenters. The molecule has 0 amide bonds. The number of rotatable bonds is 3. The Morgan fingerprint density at radius 3 is 2.64 bits per heavy atom. The molecule has 0 aliphatic carbocycles. The SMILES string of the molecule is CC1(C)Cc2c(sc3c2c2nc(-c4ccccc4)nn2c(=O)n3Cc2ccc(Cl)cc2)CO1. The van der Waals surface area contributed by atoms with Crippen LogP contribution in [0.2, 0.25) is 5.02 Å². The van der Waals surface area contributed by atoms with E-state index in [2.05, 4.69) is 18.9 Å². The highest BCUT2D eigenvalue weighted by Crippen LogP contribution is 2.40. The Kier molecular flexibility index (Phi) is 4.69. The molecule has 3 aromatic heterocycles. The Bertz CT molecular complexity index is 1570. The fourth-order valence-corrected chi connectivity index (χ4v) is 5.73. The topological polar surface area (TPSA) is 61.4 Å². The van der Waals surface area contributed by atoms with Gasteiger partial charge in [-0.3, -0.25) is 4.57 Å². The number of ether oxygens (including phenoxy) is 1. The molecule has 5 aromatic rings. The molecule has 0 saturated carbocycles. The first-order valence-electron chi connectivity index (χ1n) is 10.8. The summed E-state index contributed by atoms with van der Waals surface area (Å²) in [4.78, 5) is 20.6. The monoisotopic (exact) mass is 476 g/mol. The Morgan fingerprint density at radius 2 is 1.88 bits per heavy atom. The molecule has 166 valence electrons. The minimum absolute atomic E-state index is 0.207. The van der Waals surface area contributed by atoms with Crippen molar-refractivity contribution < 1.29 is 4.74 Å². The standard InChI is InChI=1S/C25H21ClN4O2S/c1-25(2)12-18-19(14-32-25)33-23-20(18)22-27-21(16-6-4-3-5-7-16)28-30(22)24(31)29(23)13-15-8-10-17(26)11-9-15/h3-11H,12-14H2,1-2H3. The lowest BCUT2D eigenvalue weighted by atomic mass is 9.94. The second-order valence-electron chi connectivity index (χ2n) is 8.94. The predicted octanol–water partition coefficient (Wildman–Crippen LogP) is 5.33. The molecule has 0 bridgehead atoms. The Balaban J connectivity index is 1.65. The molecule has 0 saturated heterocycles. The minimum Gasteiger partial charge on any atom is -0.370 e. The maximum Gasteiger partial charge on any atom is 0.352 e. The van der Waals surface area contributed by atoms with Gasteiger partial charge in [-0.15, -0.1) is 16.4 Å². The third-order valence-corrected chi connectivity index (χ3v) is 7.52.